The van der Waals surface area contributed by atoms with Gasteiger partial charge in [0, 0.05) is 36.9 Å². The number of aromatic nitrogens is 2. The number of hydrogen-bond acceptors (Lipinski definition) is 4. The summed E-state index contributed by atoms with van der Waals surface area (Å²) in [7, 11) is 0. The SMILES string of the molecule is N#Cc1c(-c2ccccc2)nc(-c2cccc(-c3cccc4c3sc3ccccc34)c2)nc1-c1ccccc1. The van der Waals surface area contributed by atoms with Gasteiger partial charge in [-0.1, -0.05) is 115 Å². The molecule has 3 nitrogen and oxygen atoms in total. The van der Waals surface area contributed by atoms with Crippen molar-refractivity contribution in [1.29, 1.82) is 5.26 Å². The Bertz CT molecular complexity index is 1960. The monoisotopic (exact) mass is 515 g/mol. The molecule has 39 heavy (non-hydrogen) atoms. The fourth-order valence-corrected chi connectivity index (χ4v) is 6.34. The molecule has 0 N–H and O–H groups in total. The molecule has 2 aromatic heterocycles. The molecule has 0 atom stereocenters. The summed E-state index contributed by atoms with van der Waals surface area (Å²) in [6.45, 7) is 0. The molecule has 0 saturated carbocycles. The molecule has 0 bridgehead atoms. The van der Waals surface area contributed by atoms with Crippen molar-refractivity contribution in [3.05, 3.63) is 133 Å². The number of hydrogen-bond donors (Lipinski definition) is 0. The minimum absolute atomic E-state index is 0.474. The van der Waals surface area contributed by atoms with Crippen LogP contribution in [0.2, 0.25) is 0 Å². The summed E-state index contributed by atoms with van der Waals surface area (Å²) in [5.74, 6) is 0.595. The van der Waals surface area contributed by atoms with Crippen LogP contribution >= 0.6 is 11.3 Å². The number of fused-ring (bicyclic) bond motifs is 3. The molecule has 4 heteroatoms. The molecule has 0 aliphatic rings. The maximum Gasteiger partial charge on any atom is 0.160 e. The Labute approximate surface area is 230 Å². The van der Waals surface area contributed by atoms with Crippen LogP contribution in [0, 0.1) is 11.3 Å². The van der Waals surface area contributed by atoms with E-state index in [1.807, 2.05) is 78.1 Å². The maximum absolute atomic E-state index is 10.2. The van der Waals surface area contributed by atoms with Gasteiger partial charge in [-0.2, -0.15) is 5.26 Å². The first kappa shape index (κ1) is 23.0. The lowest BCUT2D eigenvalue weighted by molar-refractivity contribution is 1.17. The Morgan fingerprint density at radius 1 is 0.538 bits per heavy atom. The Morgan fingerprint density at radius 2 is 1.10 bits per heavy atom. The predicted octanol–water partition coefficient (Wildman–Crippen LogP) is 9.38. The number of benzene rings is 5. The van der Waals surface area contributed by atoms with Crippen molar-refractivity contribution in [3.8, 4) is 51.1 Å². The number of thiophene rings is 1. The minimum Gasteiger partial charge on any atom is -0.227 e. The van der Waals surface area contributed by atoms with E-state index in [1.54, 1.807) is 0 Å². The summed E-state index contributed by atoms with van der Waals surface area (Å²) in [5, 5.41) is 12.8. The van der Waals surface area contributed by atoms with Gasteiger partial charge in [0.05, 0.1) is 11.4 Å². The molecule has 0 unspecified atom stereocenters. The Morgan fingerprint density at radius 3 is 1.79 bits per heavy atom. The van der Waals surface area contributed by atoms with Crippen LogP contribution in [-0.4, -0.2) is 9.97 Å². The minimum atomic E-state index is 0.474. The summed E-state index contributed by atoms with van der Waals surface area (Å²) in [4.78, 5) is 9.94. The van der Waals surface area contributed by atoms with Gasteiger partial charge in [0.25, 0.3) is 0 Å². The predicted molar refractivity (Wildman–Crippen MR) is 161 cm³/mol. The normalized spacial score (nSPS) is 11.1. The Balaban J connectivity index is 1.44. The molecule has 0 amide bonds. The van der Waals surface area contributed by atoms with Crippen LogP contribution in [0.15, 0.2) is 127 Å². The molecule has 0 aliphatic heterocycles. The highest BCUT2D eigenvalue weighted by Crippen LogP contribution is 2.40. The third kappa shape index (κ3) is 4.06. The summed E-state index contributed by atoms with van der Waals surface area (Å²) in [6, 6.07) is 45.6. The highest BCUT2D eigenvalue weighted by atomic mass is 32.1. The van der Waals surface area contributed by atoms with Crippen molar-refractivity contribution in [2.45, 2.75) is 0 Å². The number of rotatable bonds is 4. The summed E-state index contributed by atoms with van der Waals surface area (Å²) >= 11 is 1.82. The number of nitrogens with zero attached hydrogens (tertiary/aromatic N) is 3. The molecular formula is C35H21N3S. The van der Waals surface area contributed by atoms with Crippen molar-refractivity contribution in [2.75, 3.05) is 0 Å². The first-order valence-corrected chi connectivity index (χ1v) is 13.6. The van der Waals surface area contributed by atoms with E-state index >= 15 is 0 Å². The van der Waals surface area contributed by atoms with Crippen LogP contribution in [0.4, 0.5) is 0 Å². The zero-order chi connectivity index (χ0) is 26.2. The van der Waals surface area contributed by atoms with Crippen LogP contribution in [0.25, 0.3) is 65.2 Å². The molecule has 0 aliphatic carbocycles. The highest BCUT2D eigenvalue weighted by Gasteiger charge is 2.19. The van der Waals surface area contributed by atoms with Gasteiger partial charge in [-0.15, -0.1) is 11.3 Å². The van der Waals surface area contributed by atoms with E-state index in [4.69, 9.17) is 9.97 Å². The van der Waals surface area contributed by atoms with Crippen LogP contribution in [-0.2, 0) is 0 Å². The summed E-state index contributed by atoms with van der Waals surface area (Å²) < 4.78 is 2.55. The largest absolute Gasteiger partial charge is 0.227 e. The molecule has 2 heterocycles. The highest BCUT2D eigenvalue weighted by molar-refractivity contribution is 7.26. The number of nitriles is 1. The molecule has 0 fully saturated rings. The van der Waals surface area contributed by atoms with Gasteiger partial charge in [-0.25, -0.2) is 9.97 Å². The fourth-order valence-electron chi connectivity index (χ4n) is 5.11. The van der Waals surface area contributed by atoms with E-state index in [9.17, 15) is 5.26 Å². The lowest BCUT2D eigenvalue weighted by Gasteiger charge is -2.13. The smallest absolute Gasteiger partial charge is 0.160 e. The van der Waals surface area contributed by atoms with Crippen molar-refractivity contribution in [1.82, 2.24) is 9.97 Å². The van der Waals surface area contributed by atoms with Gasteiger partial charge in [-0.3, -0.25) is 0 Å². The van der Waals surface area contributed by atoms with E-state index in [2.05, 4.69) is 66.7 Å². The quantitative estimate of drug-likeness (QED) is 0.235. The van der Waals surface area contributed by atoms with Crippen LogP contribution < -0.4 is 0 Å². The van der Waals surface area contributed by atoms with Crippen LogP contribution in [0.5, 0.6) is 0 Å². The van der Waals surface area contributed by atoms with Gasteiger partial charge >= 0.3 is 0 Å². The van der Waals surface area contributed by atoms with Gasteiger partial charge in [0.1, 0.15) is 11.6 Å². The zero-order valence-electron chi connectivity index (χ0n) is 20.9. The second kappa shape index (κ2) is 9.64. The van der Waals surface area contributed by atoms with Crippen molar-refractivity contribution < 1.29 is 0 Å². The molecular weight excluding hydrogens is 494 g/mol. The van der Waals surface area contributed by atoms with Gasteiger partial charge in [-0.05, 0) is 23.3 Å². The third-order valence-corrected chi connectivity index (χ3v) is 8.17. The molecule has 0 radical (unpaired) electrons. The van der Waals surface area contributed by atoms with E-state index in [0.29, 0.717) is 22.8 Å². The van der Waals surface area contributed by atoms with Crippen LogP contribution in [0.3, 0.4) is 0 Å². The van der Waals surface area contributed by atoms with Crippen molar-refractivity contribution >= 4 is 31.5 Å². The molecule has 0 saturated heterocycles. The van der Waals surface area contributed by atoms with E-state index in [0.717, 1.165) is 22.3 Å². The first-order valence-electron chi connectivity index (χ1n) is 12.7. The Kier molecular flexibility index (Phi) is 5.70. The van der Waals surface area contributed by atoms with Gasteiger partial charge in [0.2, 0.25) is 0 Å². The molecule has 5 aromatic carbocycles. The first-order chi connectivity index (χ1) is 19.3. The lowest BCUT2D eigenvalue weighted by Crippen LogP contribution is -2.01. The summed E-state index contributed by atoms with van der Waals surface area (Å²) in [6.07, 6.45) is 0. The summed E-state index contributed by atoms with van der Waals surface area (Å²) in [5.41, 5.74) is 6.74. The van der Waals surface area contributed by atoms with Crippen molar-refractivity contribution in [3.63, 3.8) is 0 Å². The molecule has 182 valence electrons. The fraction of sp³-hybridized carbons (Fsp3) is 0. The Hall–Kier alpha value is -5.11. The standard InChI is InChI=1S/C35H21N3S/c36-22-30-32(23-11-3-1-4-12-23)37-35(38-33(30)24-13-5-2-6-14-24)26-16-9-15-25(21-26)27-18-10-19-29-28-17-7-8-20-31(28)39-34(27)29/h1-21H. The zero-order valence-corrected chi connectivity index (χ0v) is 21.7. The topological polar surface area (TPSA) is 49.6 Å². The third-order valence-electron chi connectivity index (χ3n) is 6.95. The molecule has 7 rings (SSSR count). The van der Waals surface area contributed by atoms with Crippen LogP contribution in [0.1, 0.15) is 5.56 Å². The van der Waals surface area contributed by atoms with Crippen molar-refractivity contribution in [2.24, 2.45) is 0 Å². The van der Waals surface area contributed by atoms with E-state index < -0.39 is 0 Å². The van der Waals surface area contributed by atoms with Gasteiger partial charge < -0.3 is 0 Å². The van der Waals surface area contributed by atoms with E-state index in [-0.39, 0.29) is 0 Å². The second-order valence-corrected chi connectivity index (χ2v) is 10.4. The lowest BCUT2D eigenvalue weighted by atomic mass is 9.98. The second-order valence-electron chi connectivity index (χ2n) is 9.32. The average Bonchev–Trinajstić information content (AvgIpc) is 3.40. The average molecular weight is 516 g/mol. The maximum atomic E-state index is 10.2. The molecule has 0 spiro atoms. The van der Waals surface area contributed by atoms with E-state index in [1.165, 1.54) is 25.7 Å². The van der Waals surface area contributed by atoms with Gasteiger partial charge in [0.15, 0.2) is 5.82 Å². The molecule has 7 aromatic rings.